The molecule has 4 N–H and O–H groups in total. The number of halogens is 1. The van der Waals surface area contributed by atoms with E-state index in [1.54, 1.807) is 6.92 Å². The van der Waals surface area contributed by atoms with Crippen molar-refractivity contribution < 1.29 is 33.7 Å². The molecule has 8 heteroatoms. The molecule has 0 saturated heterocycles. The second-order valence-electron chi connectivity index (χ2n) is 6.57. The average molecular weight is 391 g/mol. The number of phenolic OH excluding ortho intramolecular Hbond substituents is 2. The van der Waals surface area contributed by atoms with Crippen molar-refractivity contribution in [2.75, 3.05) is 7.11 Å². The lowest BCUT2D eigenvalue weighted by atomic mass is 9.86. The molecular formula is C20H22FNO6. The Bertz CT molecular complexity index is 854. The smallest absolute Gasteiger partial charge is 0.338 e. The third-order valence-electron chi connectivity index (χ3n) is 4.19. The first-order chi connectivity index (χ1) is 13.1. The highest BCUT2D eigenvalue weighted by atomic mass is 19.1. The Morgan fingerprint density at radius 2 is 1.79 bits per heavy atom. The Kier molecular flexibility index (Phi) is 6.58. The van der Waals surface area contributed by atoms with Gasteiger partial charge in [-0.15, -0.1) is 0 Å². The lowest BCUT2D eigenvalue weighted by Gasteiger charge is -2.29. The summed E-state index contributed by atoms with van der Waals surface area (Å²) in [6.45, 7) is 1.57. The Morgan fingerprint density at radius 3 is 2.36 bits per heavy atom. The number of carbonyl (C=O) groups excluding carboxylic acids is 2. The van der Waals surface area contributed by atoms with Crippen LogP contribution in [-0.4, -0.2) is 40.9 Å². The van der Waals surface area contributed by atoms with E-state index < -0.39 is 29.4 Å². The number of aromatic hydroxyl groups is 2. The monoisotopic (exact) mass is 391 g/mol. The summed E-state index contributed by atoms with van der Waals surface area (Å²) in [5.74, 6) is -2.52. The molecule has 150 valence electrons. The summed E-state index contributed by atoms with van der Waals surface area (Å²) in [6, 6.07) is 8.93. The van der Waals surface area contributed by atoms with Crippen molar-refractivity contribution in [2.45, 2.75) is 31.4 Å². The van der Waals surface area contributed by atoms with Gasteiger partial charge in [-0.3, -0.25) is 4.79 Å². The van der Waals surface area contributed by atoms with Gasteiger partial charge in [0.15, 0.2) is 11.5 Å². The predicted molar refractivity (Wildman–Crippen MR) is 98.3 cm³/mol. The van der Waals surface area contributed by atoms with Crippen LogP contribution in [0.1, 0.15) is 29.3 Å². The molecule has 0 radical (unpaired) electrons. The summed E-state index contributed by atoms with van der Waals surface area (Å²) in [5.41, 5.74) is 5.36. The second kappa shape index (κ2) is 8.71. The number of benzene rings is 2. The molecule has 1 unspecified atom stereocenters. The van der Waals surface area contributed by atoms with Crippen LogP contribution in [0.2, 0.25) is 0 Å². The fraction of sp³-hybridized carbons (Fsp3) is 0.300. The van der Waals surface area contributed by atoms with Crippen molar-refractivity contribution >= 4 is 11.9 Å². The van der Waals surface area contributed by atoms with Crippen molar-refractivity contribution in [3.8, 4) is 11.5 Å². The summed E-state index contributed by atoms with van der Waals surface area (Å²) in [6.07, 6.45) is -0.840. The van der Waals surface area contributed by atoms with E-state index in [4.69, 9.17) is 15.2 Å². The number of carbonyl (C=O) groups is 2. The van der Waals surface area contributed by atoms with Gasteiger partial charge in [0.2, 0.25) is 0 Å². The number of methoxy groups -OCH3 is 1. The van der Waals surface area contributed by atoms with Crippen LogP contribution in [-0.2, 0) is 20.7 Å². The molecule has 0 saturated carbocycles. The summed E-state index contributed by atoms with van der Waals surface area (Å²) in [5, 5.41) is 19.0. The highest BCUT2D eigenvalue weighted by molar-refractivity contribution is 5.89. The Labute approximate surface area is 161 Å². The van der Waals surface area contributed by atoms with Crippen LogP contribution in [0.5, 0.6) is 11.5 Å². The number of esters is 2. The standard InChI is InChI=1S/C20H22FNO6/c1-12(28-18(25)14-4-6-15(21)7-5-14)10-20(22,19(26)27-2)11-13-3-8-16(23)17(24)9-13/h3-9,12,23-24H,10-11,22H2,1-2H3/t12?,20-/m1/s1. The maximum Gasteiger partial charge on any atom is 0.338 e. The second-order valence-corrected chi connectivity index (χ2v) is 6.57. The topological polar surface area (TPSA) is 119 Å². The molecule has 0 aliphatic heterocycles. The third kappa shape index (κ3) is 5.20. The number of rotatable bonds is 7. The first kappa shape index (κ1) is 21.2. The molecule has 0 aliphatic carbocycles. The van der Waals surface area contributed by atoms with E-state index in [-0.39, 0.29) is 29.9 Å². The SMILES string of the molecule is COC(=O)[C@](N)(Cc1ccc(O)c(O)c1)CC(C)OC(=O)c1ccc(F)cc1. The van der Waals surface area contributed by atoms with E-state index in [9.17, 15) is 24.2 Å². The van der Waals surface area contributed by atoms with Gasteiger partial charge in [0.25, 0.3) is 0 Å². The van der Waals surface area contributed by atoms with Gasteiger partial charge < -0.3 is 25.4 Å². The number of nitrogens with two attached hydrogens (primary N) is 1. The van der Waals surface area contributed by atoms with Crippen molar-refractivity contribution in [3.63, 3.8) is 0 Å². The zero-order valence-electron chi connectivity index (χ0n) is 15.5. The number of hydrogen-bond donors (Lipinski definition) is 3. The van der Waals surface area contributed by atoms with E-state index >= 15 is 0 Å². The van der Waals surface area contributed by atoms with Crippen LogP contribution in [0.4, 0.5) is 4.39 Å². The average Bonchev–Trinajstić information content (AvgIpc) is 2.64. The molecule has 2 rings (SSSR count). The molecule has 2 aromatic rings. The molecule has 28 heavy (non-hydrogen) atoms. The fourth-order valence-corrected chi connectivity index (χ4v) is 2.87. The third-order valence-corrected chi connectivity index (χ3v) is 4.19. The summed E-state index contributed by atoms with van der Waals surface area (Å²) in [7, 11) is 1.19. The number of ether oxygens (including phenoxy) is 2. The number of phenols is 2. The highest BCUT2D eigenvalue weighted by Crippen LogP contribution is 2.28. The van der Waals surface area contributed by atoms with Crippen LogP contribution < -0.4 is 5.73 Å². The zero-order chi connectivity index (χ0) is 20.9. The van der Waals surface area contributed by atoms with Crippen LogP contribution in [0.15, 0.2) is 42.5 Å². The van der Waals surface area contributed by atoms with Crippen LogP contribution in [0, 0.1) is 5.82 Å². The van der Waals surface area contributed by atoms with Crippen molar-refractivity contribution in [1.29, 1.82) is 0 Å². The van der Waals surface area contributed by atoms with Crippen LogP contribution >= 0.6 is 0 Å². The van der Waals surface area contributed by atoms with E-state index in [1.807, 2.05) is 0 Å². The lowest BCUT2D eigenvalue weighted by molar-refractivity contribution is -0.148. The molecule has 7 nitrogen and oxygen atoms in total. The Balaban J connectivity index is 2.13. The quantitative estimate of drug-likeness (QED) is 0.489. The summed E-state index contributed by atoms with van der Waals surface area (Å²) >= 11 is 0. The number of hydrogen-bond acceptors (Lipinski definition) is 7. The fourth-order valence-electron chi connectivity index (χ4n) is 2.87. The molecule has 0 aromatic heterocycles. The largest absolute Gasteiger partial charge is 0.504 e. The van der Waals surface area contributed by atoms with Crippen molar-refractivity contribution in [1.82, 2.24) is 0 Å². The molecule has 0 aliphatic rings. The van der Waals surface area contributed by atoms with E-state index in [0.717, 1.165) is 12.1 Å². The Morgan fingerprint density at radius 1 is 1.14 bits per heavy atom. The summed E-state index contributed by atoms with van der Waals surface area (Å²) in [4.78, 5) is 24.4. The molecule has 0 fully saturated rings. The molecular weight excluding hydrogens is 369 g/mol. The Hall–Kier alpha value is -3.13. The van der Waals surface area contributed by atoms with Gasteiger partial charge in [-0.05, 0) is 48.9 Å². The molecule has 0 spiro atoms. The van der Waals surface area contributed by atoms with E-state index in [1.165, 1.54) is 37.4 Å². The van der Waals surface area contributed by atoms with E-state index in [0.29, 0.717) is 5.56 Å². The lowest BCUT2D eigenvalue weighted by Crippen LogP contribution is -2.53. The minimum atomic E-state index is -1.54. The first-order valence-corrected chi connectivity index (χ1v) is 8.49. The maximum absolute atomic E-state index is 13.0. The predicted octanol–water partition coefficient (Wildman–Crippen LogP) is 2.29. The van der Waals surface area contributed by atoms with Gasteiger partial charge in [0, 0.05) is 12.8 Å². The van der Waals surface area contributed by atoms with Crippen molar-refractivity contribution in [3.05, 3.63) is 59.4 Å². The first-order valence-electron chi connectivity index (χ1n) is 8.49. The molecule has 0 bridgehead atoms. The van der Waals surface area contributed by atoms with Gasteiger partial charge in [-0.2, -0.15) is 0 Å². The normalized spacial score (nSPS) is 14.0. The van der Waals surface area contributed by atoms with Gasteiger partial charge in [0.1, 0.15) is 17.5 Å². The maximum atomic E-state index is 13.0. The van der Waals surface area contributed by atoms with Gasteiger partial charge >= 0.3 is 11.9 Å². The van der Waals surface area contributed by atoms with Gasteiger partial charge in [-0.1, -0.05) is 6.07 Å². The van der Waals surface area contributed by atoms with Gasteiger partial charge in [-0.25, -0.2) is 9.18 Å². The summed E-state index contributed by atoms with van der Waals surface area (Å²) < 4.78 is 23.1. The molecule has 2 aromatic carbocycles. The minimum absolute atomic E-state index is 0.0219. The molecule has 0 amide bonds. The van der Waals surface area contributed by atoms with Crippen molar-refractivity contribution in [2.24, 2.45) is 5.73 Å². The van der Waals surface area contributed by atoms with E-state index in [2.05, 4.69) is 0 Å². The molecule has 2 atom stereocenters. The highest BCUT2D eigenvalue weighted by Gasteiger charge is 2.38. The van der Waals surface area contributed by atoms with Crippen LogP contribution in [0.25, 0.3) is 0 Å². The van der Waals surface area contributed by atoms with Crippen LogP contribution in [0.3, 0.4) is 0 Å². The van der Waals surface area contributed by atoms with Gasteiger partial charge in [0.05, 0.1) is 12.7 Å². The zero-order valence-corrected chi connectivity index (χ0v) is 15.5. The minimum Gasteiger partial charge on any atom is -0.504 e. The molecule has 0 heterocycles.